The van der Waals surface area contributed by atoms with Gasteiger partial charge in [-0.3, -0.25) is 0 Å². The zero-order chi connectivity index (χ0) is 12.3. The molecule has 0 bridgehead atoms. The van der Waals surface area contributed by atoms with E-state index in [1.165, 1.54) is 0 Å². The molecule has 0 aliphatic carbocycles. The van der Waals surface area contributed by atoms with Gasteiger partial charge in [0, 0.05) is 22.5 Å². The Hall–Kier alpha value is -1.21. The molecule has 2 aromatic rings. The summed E-state index contributed by atoms with van der Waals surface area (Å²) < 4.78 is 0. The molecule has 0 amide bonds. The molecule has 1 N–H and O–H groups in total. The van der Waals surface area contributed by atoms with E-state index in [2.05, 4.69) is 11.4 Å². The molecule has 5 heteroatoms. The van der Waals surface area contributed by atoms with E-state index in [1.54, 1.807) is 23.5 Å². The summed E-state index contributed by atoms with van der Waals surface area (Å²) in [6.45, 7) is 0.671. The van der Waals surface area contributed by atoms with Crippen LogP contribution in [0.25, 0.3) is 0 Å². The minimum atomic E-state index is 0.528. The third kappa shape index (κ3) is 3.13. The van der Waals surface area contributed by atoms with Crippen molar-refractivity contribution in [2.45, 2.75) is 6.54 Å². The Kier molecular flexibility index (Phi) is 3.90. The first kappa shape index (κ1) is 12.3. The van der Waals surface area contributed by atoms with Gasteiger partial charge in [0.05, 0.1) is 15.6 Å². The van der Waals surface area contributed by atoms with Gasteiger partial charge in [-0.05, 0) is 24.3 Å². The highest BCUT2D eigenvalue weighted by Gasteiger charge is 2.01. The van der Waals surface area contributed by atoms with Gasteiger partial charge in [0.25, 0.3) is 0 Å². The molecule has 1 aromatic heterocycles. The van der Waals surface area contributed by atoms with Crippen LogP contribution in [0.1, 0.15) is 10.4 Å². The van der Waals surface area contributed by atoms with E-state index in [9.17, 15) is 0 Å². The Bertz CT molecular complexity index is 572. The molecule has 0 spiro atoms. The second-order valence-corrected chi connectivity index (χ2v) is 5.21. The molecule has 2 nitrogen and oxygen atoms in total. The van der Waals surface area contributed by atoms with Crippen molar-refractivity contribution in [3.05, 3.63) is 50.1 Å². The van der Waals surface area contributed by atoms with Crippen molar-refractivity contribution in [3.63, 3.8) is 0 Å². The number of halogens is 2. The first-order valence-electron chi connectivity index (χ1n) is 4.85. The van der Waals surface area contributed by atoms with Crippen LogP contribution in [0.15, 0.2) is 29.6 Å². The molecule has 17 heavy (non-hydrogen) atoms. The first-order valence-corrected chi connectivity index (χ1v) is 6.49. The number of benzene rings is 1. The Morgan fingerprint density at radius 1 is 1.24 bits per heavy atom. The van der Waals surface area contributed by atoms with Crippen molar-refractivity contribution in [2.24, 2.45) is 0 Å². The molecule has 0 aliphatic rings. The van der Waals surface area contributed by atoms with E-state index in [4.69, 9.17) is 28.5 Å². The highest BCUT2D eigenvalue weighted by atomic mass is 35.5. The maximum atomic E-state index is 8.71. The van der Waals surface area contributed by atoms with Gasteiger partial charge >= 0.3 is 0 Å². The lowest BCUT2D eigenvalue weighted by Crippen LogP contribution is -1.96. The van der Waals surface area contributed by atoms with E-state index in [0.717, 1.165) is 10.6 Å². The average molecular weight is 283 g/mol. The highest BCUT2D eigenvalue weighted by Crippen LogP contribution is 2.25. The molecule has 0 fully saturated rings. The summed E-state index contributed by atoms with van der Waals surface area (Å²) in [7, 11) is 0. The predicted molar refractivity (Wildman–Crippen MR) is 72.8 cm³/mol. The summed E-state index contributed by atoms with van der Waals surface area (Å²) >= 11 is 13.3. The molecule has 86 valence electrons. The van der Waals surface area contributed by atoms with Crippen molar-refractivity contribution in [1.29, 1.82) is 5.26 Å². The van der Waals surface area contributed by atoms with Crippen molar-refractivity contribution in [1.82, 2.24) is 0 Å². The van der Waals surface area contributed by atoms with Gasteiger partial charge in [0.15, 0.2) is 0 Å². The lowest BCUT2D eigenvalue weighted by atomic mass is 10.3. The second-order valence-electron chi connectivity index (χ2n) is 3.40. The summed E-state index contributed by atoms with van der Waals surface area (Å²) in [6, 6.07) is 9.38. The van der Waals surface area contributed by atoms with E-state index in [0.29, 0.717) is 22.2 Å². The third-order valence-corrected chi connectivity index (χ3v) is 3.84. The van der Waals surface area contributed by atoms with Gasteiger partial charge in [-0.25, -0.2) is 0 Å². The molecule has 0 saturated heterocycles. The zero-order valence-corrected chi connectivity index (χ0v) is 11.0. The van der Waals surface area contributed by atoms with E-state index < -0.39 is 0 Å². The molecule has 0 radical (unpaired) electrons. The molecule has 1 heterocycles. The summed E-state index contributed by atoms with van der Waals surface area (Å²) in [4.78, 5) is 1.10. The quantitative estimate of drug-likeness (QED) is 0.897. The van der Waals surface area contributed by atoms with Crippen LogP contribution in [-0.4, -0.2) is 0 Å². The van der Waals surface area contributed by atoms with Crippen molar-refractivity contribution in [2.75, 3.05) is 5.32 Å². The smallest absolute Gasteiger partial charge is 0.100 e. The second kappa shape index (κ2) is 5.42. The fourth-order valence-electron chi connectivity index (χ4n) is 1.33. The number of nitriles is 1. The predicted octanol–water partition coefficient (Wildman–Crippen LogP) is 4.54. The number of hydrogen-bond acceptors (Lipinski definition) is 3. The highest BCUT2D eigenvalue weighted by molar-refractivity contribution is 7.10. The molecule has 0 atom stereocenters. The summed E-state index contributed by atoms with van der Waals surface area (Å²) in [6.07, 6.45) is 0. The number of thiophene rings is 1. The maximum absolute atomic E-state index is 8.71. The zero-order valence-electron chi connectivity index (χ0n) is 8.71. The van der Waals surface area contributed by atoms with Crippen LogP contribution >= 0.6 is 34.5 Å². The molecule has 0 unspecified atom stereocenters. The largest absolute Gasteiger partial charge is 0.380 e. The summed E-state index contributed by atoms with van der Waals surface area (Å²) in [5.74, 6) is 0. The Morgan fingerprint density at radius 3 is 2.71 bits per heavy atom. The molecule has 0 aliphatic heterocycles. The summed E-state index contributed by atoms with van der Waals surface area (Å²) in [5.41, 5.74) is 1.60. The van der Waals surface area contributed by atoms with Crippen LogP contribution in [0.3, 0.4) is 0 Å². The molecule has 2 rings (SSSR count). The van der Waals surface area contributed by atoms with E-state index in [-0.39, 0.29) is 0 Å². The number of rotatable bonds is 3. The minimum Gasteiger partial charge on any atom is -0.380 e. The van der Waals surface area contributed by atoms with Crippen molar-refractivity contribution >= 4 is 40.2 Å². The number of anilines is 1. The third-order valence-electron chi connectivity index (χ3n) is 2.17. The molecule has 1 aromatic carbocycles. The van der Waals surface area contributed by atoms with Crippen LogP contribution in [-0.2, 0) is 6.54 Å². The maximum Gasteiger partial charge on any atom is 0.100 e. The first-order chi connectivity index (χ1) is 8.19. The van der Waals surface area contributed by atoms with Gasteiger partial charge in [-0.2, -0.15) is 5.26 Å². The monoisotopic (exact) mass is 282 g/mol. The Morgan fingerprint density at radius 2 is 2.06 bits per heavy atom. The van der Waals surface area contributed by atoms with Crippen LogP contribution in [0.2, 0.25) is 10.0 Å². The minimum absolute atomic E-state index is 0.528. The average Bonchev–Trinajstić information content (AvgIpc) is 2.79. The molecule has 0 saturated carbocycles. The number of nitrogens with one attached hydrogen (secondary N) is 1. The van der Waals surface area contributed by atoms with E-state index >= 15 is 0 Å². The van der Waals surface area contributed by atoms with Gasteiger partial charge < -0.3 is 5.32 Å². The van der Waals surface area contributed by atoms with Crippen LogP contribution < -0.4 is 5.32 Å². The van der Waals surface area contributed by atoms with Gasteiger partial charge in [-0.1, -0.05) is 23.2 Å². The SMILES string of the molecule is N#Cc1csc(CNc2ccc(Cl)c(Cl)c2)c1. The number of nitrogens with zero attached hydrogens (tertiary/aromatic N) is 1. The standard InChI is InChI=1S/C12H8Cl2N2S/c13-11-2-1-9(4-12(11)14)16-6-10-3-8(5-15)7-17-10/h1-4,7,16H,6H2. The van der Waals surface area contributed by atoms with Crippen LogP contribution in [0.4, 0.5) is 5.69 Å². The van der Waals surface area contributed by atoms with Gasteiger partial charge in [0.1, 0.15) is 6.07 Å². The Labute approximate surface area is 113 Å². The Balaban J connectivity index is 2.02. The fraction of sp³-hybridized carbons (Fsp3) is 0.0833. The lowest BCUT2D eigenvalue weighted by Gasteiger charge is -2.05. The molecular formula is C12H8Cl2N2S. The number of hydrogen-bond donors (Lipinski definition) is 1. The normalized spacial score (nSPS) is 9.94. The van der Waals surface area contributed by atoms with E-state index in [1.807, 2.05) is 17.5 Å². The fourth-order valence-corrected chi connectivity index (χ4v) is 2.37. The van der Waals surface area contributed by atoms with Crippen LogP contribution in [0, 0.1) is 11.3 Å². The lowest BCUT2D eigenvalue weighted by molar-refractivity contribution is 1.19. The van der Waals surface area contributed by atoms with Gasteiger partial charge in [0.2, 0.25) is 0 Å². The van der Waals surface area contributed by atoms with Crippen molar-refractivity contribution in [3.8, 4) is 6.07 Å². The van der Waals surface area contributed by atoms with Crippen LogP contribution in [0.5, 0.6) is 0 Å². The van der Waals surface area contributed by atoms with Gasteiger partial charge in [-0.15, -0.1) is 11.3 Å². The van der Waals surface area contributed by atoms with Crippen molar-refractivity contribution < 1.29 is 0 Å². The summed E-state index contributed by atoms with van der Waals surface area (Å²) in [5, 5.41) is 14.8. The topological polar surface area (TPSA) is 35.8 Å². The molecular weight excluding hydrogens is 275 g/mol.